The summed E-state index contributed by atoms with van der Waals surface area (Å²) in [6.45, 7) is 13.8. The molecule has 1 heteroatoms. The summed E-state index contributed by atoms with van der Waals surface area (Å²) in [5.74, 6) is 0. The lowest BCUT2D eigenvalue weighted by molar-refractivity contribution is 0.413. The van der Waals surface area contributed by atoms with Crippen molar-refractivity contribution in [3.8, 4) is 0 Å². The maximum atomic E-state index is 2.40. The molecule has 0 amide bonds. The van der Waals surface area contributed by atoms with Gasteiger partial charge in [0.05, 0.1) is 0 Å². The summed E-state index contributed by atoms with van der Waals surface area (Å²) in [4.78, 5) is 0. The second-order valence-electron chi connectivity index (χ2n) is 7.46. The predicted octanol–water partition coefficient (Wildman–Crippen LogP) is 5.79. The van der Waals surface area contributed by atoms with E-state index < -0.39 is 0 Å². The maximum absolute atomic E-state index is 2.40. The third-order valence-corrected chi connectivity index (χ3v) is 4.25. The quantitative estimate of drug-likeness (QED) is 0.609. The molecule has 1 aromatic heterocycles. The molecule has 2 aromatic rings. The zero-order valence-electron chi connectivity index (χ0n) is 12.4. The van der Waals surface area contributed by atoms with Crippen LogP contribution in [0.1, 0.15) is 52.7 Å². The van der Waals surface area contributed by atoms with Crippen LogP contribution in [-0.2, 0) is 11.8 Å². The van der Waals surface area contributed by atoms with E-state index in [-0.39, 0.29) is 5.41 Å². The van der Waals surface area contributed by atoms with Crippen LogP contribution in [0.25, 0.3) is 10.1 Å². The van der Waals surface area contributed by atoms with Crippen LogP contribution in [0.2, 0.25) is 0 Å². The lowest BCUT2D eigenvalue weighted by Crippen LogP contribution is -2.11. The number of thiophene rings is 1. The van der Waals surface area contributed by atoms with Gasteiger partial charge in [0.25, 0.3) is 0 Å². The van der Waals surface area contributed by atoms with E-state index in [0.717, 1.165) is 6.42 Å². The van der Waals surface area contributed by atoms with Crippen LogP contribution in [0.3, 0.4) is 0 Å². The molecule has 0 N–H and O–H groups in total. The fourth-order valence-corrected chi connectivity index (χ4v) is 3.20. The summed E-state index contributed by atoms with van der Waals surface area (Å²) < 4.78 is 1.42. The molecule has 0 radical (unpaired) electrons. The third kappa shape index (κ3) is 2.95. The summed E-state index contributed by atoms with van der Waals surface area (Å²) in [7, 11) is 0. The van der Waals surface area contributed by atoms with Gasteiger partial charge in [0.15, 0.2) is 0 Å². The molecule has 0 atom stereocenters. The molecule has 0 saturated heterocycles. The first kappa shape index (κ1) is 13.6. The van der Waals surface area contributed by atoms with Gasteiger partial charge in [-0.1, -0.05) is 47.6 Å². The molecule has 18 heavy (non-hydrogen) atoms. The van der Waals surface area contributed by atoms with Crippen molar-refractivity contribution in [2.75, 3.05) is 0 Å². The number of hydrogen-bond acceptors (Lipinski definition) is 1. The summed E-state index contributed by atoms with van der Waals surface area (Å²) in [6, 6.07) is 6.96. The van der Waals surface area contributed by atoms with Crippen molar-refractivity contribution < 1.29 is 0 Å². The molecule has 1 heterocycles. The van der Waals surface area contributed by atoms with E-state index >= 15 is 0 Å². The Kier molecular flexibility index (Phi) is 3.31. The Morgan fingerprint density at radius 3 is 2.22 bits per heavy atom. The number of fused-ring (bicyclic) bond motifs is 1. The summed E-state index contributed by atoms with van der Waals surface area (Å²) in [5, 5.41) is 3.80. The monoisotopic (exact) mass is 260 g/mol. The number of hydrogen-bond donors (Lipinski definition) is 0. The molecular formula is C17H24S. The van der Waals surface area contributed by atoms with Crippen LogP contribution in [-0.4, -0.2) is 0 Å². The van der Waals surface area contributed by atoms with Gasteiger partial charge in [-0.2, -0.15) is 0 Å². The minimum atomic E-state index is 0.231. The molecule has 98 valence electrons. The van der Waals surface area contributed by atoms with Crippen molar-refractivity contribution >= 4 is 21.4 Å². The van der Waals surface area contributed by atoms with Gasteiger partial charge < -0.3 is 0 Å². The van der Waals surface area contributed by atoms with Crippen molar-refractivity contribution in [1.29, 1.82) is 0 Å². The summed E-state index contributed by atoms with van der Waals surface area (Å²) >= 11 is 1.87. The maximum Gasteiger partial charge on any atom is 0.0345 e. The van der Waals surface area contributed by atoms with Crippen molar-refractivity contribution in [2.45, 2.75) is 53.4 Å². The van der Waals surface area contributed by atoms with Crippen LogP contribution < -0.4 is 0 Å². The molecule has 2 rings (SSSR count). The van der Waals surface area contributed by atoms with Gasteiger partial charge in [-0.05, 0) is 51.3 Å². The first-order valence-corrected chi connectivity index (χ1v) is 7.55. The highest BCUT2D eigenvalue weighted by Gasteiger charge is 2.18. The van der Waals surface area contributed by atoms with E-state index in [4.69, 9.17) is 0 Å². The molecule has 0 spiro atoms. The lowest BCUT2D eigenvalue weighted by Gasteiger charge is -2.20. The van der Waals surface area contributed by atoms with Gasteiger partial charge in [-0.3, -0.25) is 0 Å². The van der Waals surface area contributed by atoms with Crippen molar-refractivity contribution in [3.63, 3.8) is 0 Å². The predicted molar refractivity (Wildman–Crippen MR) is 83.7 cm³/mol. The standard InChI is InChI=1S/C17H24S/c1-16(2,3)10-12-11-18-15-8-7-13(9-14(12)15)17(4,5)6/h7-9,11H,10H2,1-6H3. The van der Waals surface area contributed by atoms with E-state index in [1.165, 1.54) is 21.2 Å². The largest absolute Gasteiger partial charge is 0.144 e. The highest BCUT2D eigenvalue weighted by Crippen LogP contribution is 2.34. The molecule has 0 fully saturated rings. The van der Waals surface area contributed by atoms with Gasteiger partial charge in [-0.25, -0.2) is 0 Å². The second kappa shape index (κ2) is 4.38. The Labute approximate surface area is 115 Å². The summed E-state index contributed by atoms with van der Waals surface area (Å²) in [5.41, 5.74) is 3.53. The van der Waals surface area contributed by atoms with E-state index in [2.05, 4.69) is 65.1 Å². The average Bonchev–Trinajstić information content (AvgIpc) is 2.57. The molecular weight excluding hydrogens is 236 g/mol. The topological polar surface area (TPSA) is 0 Å². The van der Waals surface area contributed by atoms with E-state index in [9.17, 15) is 0 Å². The van der Waals surface area contributed by atoms with Crippen molar-refractivity contribution in [3.05, 3.63) is 34.7 Å². The van der Waals surface area contributed by atoms with E-state index in [1.807, 2.05) is 11.3 Å². The fraction of sp³-hybridized carbons (Fsp3) is 0.529. The van der Waals surface area contributed by atoms with Crippen LogP contribution in [0.4, 0.5) is 0 Å². The van der Waals surface area contributed by atoms with Crippen molar-refractivity contribution in [1.82, 2.24) is 0 Å². The molecule has 0 saturated carbocycles. The minimum absolute atomic E-state index is 0.231. The molecule has 0 nitrogen and oxygen atoms in total. The highest BCUT2D eigenvalue weighted by atomic mass is 32.1. The van der Waals surface area contributed by atoms with Crippen LogP contribution in [0, 0.1) is 5.41 Å². The Bertz CT molecular complexity index is 547. The summed E-state index contributed by atoms with van der Waals surface area (Å²) in [6.07, 6.45) is 1.15. The Balaban J connectivity index is 2.50. The molecule has 0 aliphatic rings. The number of benzene rings is 1. The Morgan fingerprint density at radius 2 is 1.67 bits per heavy atom. The molecule has 0 unspecified atom stereocenters. The highest BCUT2D eigenvalue weighted by molar-refractivity contribution is 7.17. The minimum Gasteiger partial charge on any atom is -0.144 e. The molecule has 0 aliphatic heterocycles. The van der Waals surface area contributed by atoms with Gasteiger partial charge in [-0.15, -0.1) is 11.3 Å². The fourth-order valence-electron chi connectivity index (χ4n) is 2.26. The third-order valence-electron chi connectivity index (χ3n) is 3.24. The molecule has 0 aliphatic carbocycles. The van der Waals surface area contributed by atoms with E-state index in [1.54, 1.807) is 0 Å². The molecule has 1 aromatic carbocycles. The van der Waals surface area contributed by atoms with Gasteiger partial charge >= 0.3 is 0 Å². The average molecular weight is 260 g/mol. The van der Waals surface area contributed by atoms with Gasteiger partial charge in [0, 0.05) is 4.70 Å². The zero-order valence-corrected chi connectivity index (χ0v) is 13.2. The smallest absolute Gasteiger partial charge is 0.0345 e. The van der Waals surface area contributed by atoms with Crippen LogP contribution in [0.5, 0.6) is 0 Å². The Morgan fingerprint density at radius 1 is 1.00 bits per heavy atom. The zero-order chi connectivity index (χ0) is 13.6. The van der Waals surface area contributed by atoms with Crippen molar-refractivity contribution in [2.24, 2.45) is 5.41 Å². The number of rotatable bonds is 1. The van der Waals surface area contributed by atoms with Gasteiger partial charge in [0.1, 0.15) is 0 Å². The van der Waals surface area contributed by atoms with Crippen LogP contribution >= 0.6 is 11.3 Å². The first-order valence-electron chi connectivity index (χ1n) is 6.67. The first-order chi connectivity index (χ1) is 8.17. The van der Waals surface area contributed by atoms with E-state index in [0.29, 0.717) is 5.41 Å². The van der Waals surface area contributed by atoms with Gasteiger partial charge in [0.2, 0.25) is 0 Å². The Hall–Kier alpha value is -0.820. The normalized spacial score (nSPS) is 13.2. The van der Waals surface area contributed by atoms with Crippen LogP contribution in [0.15, 0.2) is 23.6 Å². The second-order valence-corrected chi connectivity index (χ2v) is 8.37. The molecule has 0 bridgehead atoms. The SMILES string of the molecule is CC(C)(C)Cc1csc2ccc(C(C)(C)C)cc12. The lowest BCUT2D eigenvalue weighted by atomic mass is 9.84.